The number of hydrogen-bond acceptors (Lipinski definition) is 6. The average molecular weight is 324 g/mol. The number of hydrogen-bond donors (Lipinski definition) is 3. The molecule has 24 heavy (non-hydrogen) atoms. The molecule has 1 aliphatic rings. The van der Waals surface area contributed by atoms with Crippen molar-refractivity contribution in [2.75, 3.05) is 37.8 Å². The minimum atomic E-state index is 0.784. The SMILES string of the molecule is Cc1ccnc(Nc2cc3c(c(NCCN(C)C)n2)CNC=C3)c1. The average Bonchev–Trinajstić information content (AvgIpc) is 2.54. The van der Waals surface area contributed by atoms with Crippen molar-refractivity contribution in [2.45, 2.75) is 13.5 Å². The summed E-state index contributed by atoms with van der Waals surface area (Å²) in [5.74, 6) is 2.52. The van der Waals surface area contributed by atoms with Crippen molar-refractivity contribution in [2.24, 2.45) is 0 Å². The van der Waals surface area contributed by atoms with Crippen molar-refractivity contribution in [1.82, 2.24) is 20.2 Å². The minimum absolute atomic E-state index is 0.784. The van der Waals surface area contributed by atoms with E-state index in [4.69, 9.17) is 4.98 Å². The van der Waals surface area contributed by atoms with Gasteiger partial charge in [0.05, 0.1) is 0 Å². The maximum atomic E-state index is 4.75. The van der Waals surface area contributed by atoms with Crippen LogP contribution in [-0.2, 0) is 6.54 Å². The Bertz CT molecular complexity index is 738. The molecule has 1 aliphatic heterocycles. The first-order valence-electron chi connectivity index (χ1n) is 8.14. The van der Waals surface area contributed by atoms with Gasteiger partial charge in [0.1, 0.15) is 17.5 Å². The van der Waals surface area contributed by atoms with Gasteiger partial charge in [-0.1, -0.05) is 0 Å². The molecule has 0 saturated heterocycles. The normalized spacial score (nSPS) is 12.7. The van der Waals surface area contributed by atoms with Crippen molar-refractivity contribution < 1.29 is 0 Å². The Kier molecular flexibility index (Phi) is 4.96. The van der Waals surface area contributed by atoms with Crippen LogP contribution in [0, 0.1) is 6.92 Å². The lowest BCUT2D eigenvalue weighted by atomic mass is 10.1. The topological polar surface area (TPSA) is 65.1 Å². The van der Waals surface area contributed by atoms with E-state index < -0.39 is 0 Å². The van der Waals surface area contributed by atoms with Gasteiger partial charge in [-0.05, 0) is 62.6 Å². The van der Waals surface area contributed by atoms with E-state index in [-0.39, 0.29) is 0 Å². The number of pyridine rings is 2. The predicted octanol–water partition coefficient (Wildman–Crippen LogP) is 2.58. The largest absolute Gasteiger partial charge is 0.387 e. The molecule has 0 amide bonds. The molecule has 0 radical (unpaired) electrons. The van der Waals surface area contributed by atoms with Gasteiger partial charge < -0.3 is 20.9 Å². The number of aryl methyl sites for hydroxylation is 1. The lowest BCUT2D eigenvalue weighted by Gasteiger charge is -2.20. The van der Waals surface area contributed by atoms with Gasteiger partial charge in [-0.3, -0.25) is 0 Å². The molecule has 0 aliphatic carbocycles. The monoisotopic (exact) mass is 324 g/mol. The lowest BCUT2D eigenvalue weighted by Crippen LogP contribution is -2.23. The summed E-state index contributed by atoms with van der Waals surface area (Å²) < 4.78 is 0. The van der Waals surface area contributed by atoms with E-state index in [1.54, 1.807) is 6.20 Å². The van der Waals surface area contributed by atoms with E-state index >= 15 is 0 Å². The van der Waals surface area contributed by atoms with E-state index in [9.17, 15) is 0 Å². The summed E-state index contributed by atoms with van der Waals surface area (Å²) in [6.45, 7) is 4.64. The van der Waals surface area contributed by atoms with Crippen molar-refractivity contribution in [3.05, 3.63) is 47.3 Å². The molecule has 3 heterocycles. The fourth-order valence-electron chi connectivity index (χ4n) is 2.58. The number of rotatable bonds is 6. The molecule has 3 rings (SSSR count). The third-order valence-corrected chi connectivity index (χ3v) is 3.84. The van der Waals surface area contributed by atoms with Crippen molar-refractivity contribution >= 4 is 23.5 Å². The fraction of sp³-hybridized carbons (Fsp3) is 0.333. The lowest BCUT2D eigenvalue weighted by molar-refractivity contribution is 0.425. The number of anilines is 3. The third-order valence-electron chi connectivity index (χ3n) is 3.84. The predicted molar refractivity (Wildman–Crippen MR) is 99.4 cm³/mol. The second kappa shape index (κ2) is 7.31. The van der Waals surface area contributed by atoms with Gasteiger partial charge in [0.25, 0.3) is 0 Å². The highest BCUT2D eigenvalue weighted by molar-refractivity contribution is 5.69. The first kappa shape index (κ1) is 16.3. The first-order valence-corrected chi connectivity index (χ1v) is 8.14. The van der Waals surface area contributed by atoms with Crippen LogP contribution in [0.25, 0.3) is 6.08 Å². The van der Waals surface area contributed by atoms with Crippen LogP contribution in [0.15, 0.2) is 30.6 Å². The Balaban J connectivity index is 1.85. The second-order valence-corrected chi connectivity index (χ2v) is 6.21. The van der Waals surface area contributed by atoms with E-state index in [0.717, 1.165) is 37.1 Å². The second-order valence-electron chi connectivity index (χ2n) is 6.21. The summed E-state index contributed by atoms with van der Waals surface area (Å²) in [6.07, 6.45) is 5.85. The van der Waals surface area contributed by atoms with Gasteiger partial charge >= 0.3 is 0 Å². The quantitative estimate of drug-likeness (QED) is 0.759. The van der Waals surface area contributed by atoms with Gasteiger partial charge in [0, 0.05) is 31.4 Å². The number of fused-ring (bicyclic) bond motifs is 1. The standard InChI is InChI=1S/C18H24N6/c1-13-4-7-20-16(10-13)22-17-11-14-5-6-19-12-15(14)18(23-17)21-8-9-24(2)3/h4-7,10-11,19H,8-9,12H2,1-3H3,(H2,20,21,22,23). The maximum Gasteiger partial charge on any atom is 0.134 e. The zero-order valence-corrected chi connectivity index (χ0v) is 14.4. The molecule has 0 aromatic carbocycles. The molecular weight excluding hydrogens is 300 g/mol. The minimum Gasteiger partial charge on any atom is -0.387 e. The van der Waals surface area contributed by atoms with E-state index in [0.29, 0.717) is 0 Å². The summed E-state index contributed by atoms with van der Waals surface area (Å²) >= 11 is 0. The van der Waals surface area contributed by atoms with Crippen LogP contribution in [0.3, 0.4) is 0 Å². The smallest absolute Gasteiger partial charge is 0.134 e. The molecule has 3 N–H and O–H groups in total. The zero-order valence-electron chi connectivity index (χ0n) is 14.4. The van der Waals surface area contributed by atoms with E-state index in [1.165, 1.54) is 16.7 Å². The van der Waals surface area contributed by atoms with Crippen LogP contribution in [0.5, 0.6) is 0 Å². The third kappa shape index (κ3) is 4.02. The molecule has 0 spiro atoms. The van der Waals surface area contributed by atoms with Gasteiger partial charge in [0.2, 0.25) is 0 Å². The molecule has 0 atom stereocenters. The summed E-state index contributed by atoms with van der Waals surface area (Å²) in [5, 5.41) is 10.0. The van der Waals surface area contributed by atoms with Gasteiger partial charge in [-0.2, -0.15) is 0 Å². The molecule has 0 fully saturated rings. The first-order chi connectivity index (χ1) is 11.6. The molecule has 2 aromatic heterocycles. The van der Waals surface area contributed by atoms with Crippen molar-refractivity contribution in [1.29, 1.82) is 0 Å². The highest BCUT2D eigenvalue weighted by Crippen LogP contribution is 2.26. The molecule has 0 unspecified atom stereocenters. The molecule has 0 saturated carbocycles. The Labute approximate surface area is 143 Å². The number of likely N-dealkylation sites (N-methyl/N-ethyl adjacent to an activating group) is 1. The van der Waals surface area contributed by atoms with Crippen LogP contribution in [-0.4, -0.2) is 42.1 Å². The Morgan fingerprint density at radius 2 is 2.12 bits per heavy atom. The molecular formula is C18H24N6. The van der Waals surface area contributed by atoms with Crippen LogP contribution in [0.2, 0.25) is 0 Å². The Hall–Kier alpha value is -2.60. The van der Waals surface area contributed by atoms with Crippen LogP contribution >= 0.6 is 0 Å². The van der Waals surface area contributed by atoms with E-state index in [1.807, 2.05) is 18.3 Å². The van der Waals surface area contributed by atoms with Crippen LogP contribution < -0.4 is 16.0 Å². The summed E-state index contributed by atoms with van der Waals surface area (Å²) in [5.41, 5.74) is 3.53. The van der Waals surface area contributed by atoms with Crippen LogP contribution in [0.4, 0.5) is 17.5 Å². The van der Waals surface area contributed by atoms with Crippen molar-refractivity contribution in [3.63, 3.8) is 0 Å². The molecule has 2 aromatic rings. The fourth-order valence-corrected chi connectivity index (χ4v) is 2.58. The number of aromatic nitrogens is 2. The molecule has 6 heteroatoms. The maximum absolute atomic E-state index is 4.75. The number of nitrogens with zero attached hydrogens (tertiary/aromatic N) is 3. The van der Waals surface area contributed by atoms with Crippen LogP contribution in [0.1, 0.15) is 16.7 Å². The molecule has 6 nitrogen and oxygen atoms in total. The highest BCUT2D eigenvalue weighted by atomic mass is 15.1. The molecule has 0 bridgehead atoms. The summed E-state index contributed by atoms with van der Waals surface area (Å²) in [7, 11) is 4.13. The summed E-state index contributed by atoms with van der Waals surface area (Å²) in [4.78, 5) is 11.3. The Morgan fingerprint density at radius 1 is 1.25 bits per heavy atom. The zero-order chi connectivity index (χ0) is 16.9. The number of nitrogens with one attached hydrogen (secondary N) is 3. The van der Waals surface area contributed by atoms with Gasteiger partial charge in [-0.25, -0.2) is 9.97 Å². The molecule has 126 valence electrons. The Morgan fingerprint density at radius 3 is 2.92 bits per heavy atom. The highest BCUT2D eigenvalue weighted by Gasteiger charge is 2.13. The van der Waals surface area contributed by atoms with Gasteiger partial charge in [0.15, 0.2) is 0 Å². The summed E-state index contributed by atoms with van der Waals surface area (Å²) in [6, 6.07) is 6.06. The van der Waals surface area contributed by atoms with Gasteiger partial charge in [-0.15, -0.1) is 0 Å². The van der Waals surface area contributed by atoms with Crippen molar-refractivity contribution in [3.8, 4) is 0 Å². The van der Waals surface area contributed by atoms with E-state index in [2.05, 4.69) is 59.0 Å².